The molecule has 0 saturated carbocycles. The summed E-state index contributed by atoms with van der Waals surface area (Å²) in [5.41, 5.74) is 2.98. The van der Waals surface area contributed by atoms with E-state index in [0.29, 0.717) is 18.7 Å². The van der Waals surface area contributed by atoms with Crippen LogP contribution < -0.4 is 10.1 Å². The van der Waals surface area contributed by atoms with Crippen molar-refractivity contribution in [3.8, 4) is 5.75 Å². The molecule has 0 fully saturated rings. The van der Waals surface area contributed by atoms with Gasteiger partial charge in [-0.15, -0.1) is 0 Å². The average Bonchev–Trinajstić information content (AvgIpc) is 2.86. The highest BCUT2D eigenvalue weighted by Crippen LogP contribution is 2.18. The standard InChI is InChI=1S/C29H33BrN2O3/c1-4-22(3)31-29(34)27(18-23-10-6-5-7-11-23)32(19-24-13-15-25(30)16-14-24)28(33)20-35-26-12-8-9-21(2)17-26/h5-17,22,27H,4,18-20H2,1-3H3,(H,31,34)/t22-,27-/m1/s1. The number of carbonyl (C=O) groups is 2. The Morgan fingerprint density at radius 3 is 2.34 bits per heavy atom. The molecule has 0 bridgehead atoms. The third-order valence-electron chi connectivity index (χ3n) is 5.89. The van der Waals surface area contributed by atoms with E-state index < -0.39 is 6.04 Å². The van der Waals surface area contributed by atoms with Crippen LogP contribution in [-0.2, 0) is 22.6 Å². The summed E-state index contributed by atoms with van der Waals surface area (Å²) in [5.74, 6) is 0.226. The van der Waals surface area contributed by atoms with Gasteiger partial charge in [0.2, 0.25) is 5.91 Å². The van der Waals surface area contributed by atoms with Gasteiger partial charge in [-0.05, 0) is 61.2 Å². The van der Waals surface area contributed by atoms with Crippen LogP contribution in [0.25, 0.3) is 0 Å². The lowest BCUT2D eigenvalue weighted by atomic mass is 10.0. The van der Waals surface area contributed by atoms with Gasteiger partial charge in [0, 0.05) is 23.5 Å². The first-order valence-electron chi connectivity index (χ1n) is 11.9. The number of nitrogens with one attached hydrogen (secondary N) is 1. The number of carbonyl (C=O) groups excluding carboxylic acids is 2. The van der Waals surface area contributed by atoms with Crippen molar-refractivity contribution in [2.75, 3.05) is 6.61 Å². The Bertz CT molecular complexity index is 1100. The van der Waals surface area contributed by atoms with Gasteiger partial charge in [-0.2, -0.15) is 0 Å². The van der Waals surface area contributed by atoms with E-state index in [1.807, 2.05) is 99.6 Å². The maximum atomic E-state index is 13.6. The molecule has 3 aromatic rings. The van der Waals surface area contributed by atoms with Crippen molar-refractivity contribution in [1.29, 1.82) is 0 Å². The molecule has 5 nitrogen and oxygen atoms in total. The van der Waals surface area contributed by atoms with Crippen LogP contribution in [0.15, 0.2) is 83.3 Å². The molecule has 0 heterocycles. The van der Waals surface area contributed by atoms with E-state index in [4.69, 9.17) is 4.74 Å². The van der Waals surface area contributed by atoms with Crippen LogP contribution in [-0.4, -0.2) is 35.4 Å². The number of amides is 2. The minimum Gasteiger partial charge on any atom is -0.484 e. The Morgan fingerprint density at radius 2 is 1.69 bits per heavy atom. The van der Waals surface area contributed by atoms with Crippen LogP contribution in [0.1, 0.15) is 37.0 Å². The van der Waals surface area contributed by atoms with Gasteiger partial charge in [0.1, 0.15) is 11.8 Å². The second-order valence-electron chi connectivity index (χ2n) is 8.78. The van der Waals surface area contributed by atoms with Gasteiger partial charge >= 0.3 is 0 Å². The van der Waals surface area contributed by atoms with E-state index in [2.05, 4.69) is 21.2 Å². The Morgan fingerprint density at radius 1 is 0.971 bits per heavy atom. The number of halogens is 1. The summed E-state index contributed by atoms with van der Waals surface area (Å²) >= 11 is 3.46. The van der Waals surface area contributed by atoms with Crippen LogP contribution in [0.4, 0.5) is 0 Å². The third-order valence-corrected chi connectivity index (χ3v) is 6.42. The van der Waals surface area contributed by atoms with E-state index in [-0.39, 0.29) is 24.5 Å². The molecule has 0 aliphatic heterocycles. The largest absolute Gasteiger partial charge is 0.484 e. The third kappa shape index (κ3) is 8.25. The summed E-state index contributed by atoms with van der Waals surface area (Å²) in [5, 5.41) is 3.08. The molecular weight excluding hydrogens is 504 g/mol. The summed E-state index contributed by atoms with van der Waals surface area (Å²) in [6, 6.07) is 24.5. The topological polar surface area (TPSA) is 58.6 Å². The highest BCUT2D eigenvalue weighted by molar-refractivity contribution is 9.10. The maximum Gasteiger partial charge on any atom is 0.261 e. The van der Waals surface area contributed by atoms with Crippen molar-refractivity contribution in [1.82, 2.24) is 10.2 Å². The van der Waals surface area contributed by atoms with Crippen molar-refractivity contribution in [3.05, 3.63) is 100 Å². The van der Waals surface area contributed by atoms with Gasteiger partial charge in [0.25, 0.3) is 5.91 Å². The minimum atomic E-state index is -0.677. The first-order chi connectivity index (χ1) is 16.9. The van der Waals surface area contributed by atoms with Crippen molar-refractivity contribution in [2.45, 2.75) is 52.2 Å². The Hall–Kier alpha value is -3.12. The van der Waals surface area contributed by atoms with Gasteiger partial charge in [-0.1, -0.05) is 77.5 Å². The molecule has 6 heteroatoms. The molecule has 0 aliphatic rings. The van der Waals surface area contributed by atoms with E-state index in [1.54, 1.807) is 4.90 Å². The van der Waals surface area contributed by atoms with Crippen LogP contribution in [0.2, 0.25) is 0 Å². The molecular formula is C29H33BrN2O3. The highest BCUT2D eigenvalue weighted by atomic mass is 79.9. The molecule has 184 valence electrons. The molecule has 0 radical (unpaired) electrons. The second kappa shape index (κ2) is 13.1. The lowest BCUT2D eigenvalue weighted by Gasteiger charge is -2.32. The summed E-state index contributed by atoms with van der Waals surface area (Å²) < 4.78 is 6.79. The maximum absolute atomic E-state index is 13.6. The number of nitrogens with zero attached hydrogens (tertiary/aromatic N) is 1. The molecule has 3 aromatic carbocycles. The van der Waals surface area contributed by atoms with E-state index in [0.717, 1.165) is 27.6 Å². The lowest BCUT2D eigenvalue weighted by molar-refractivity contribution is -0.143. The lowest BCUT2D eigenvalue weighted by Crippen LogP contribution is -2.53. The fourth-order valence-electron chi connectivity index (χ4n) is 3.71. The summed E-state index contributed by atoms with van der Waals surface area (Å²) in [7, 11) is 0. The zero-order chi connectivity index (χ0) is 25.2. The van der Waals surface area contributed by atoms with Gasteiger partial charge in [-0.3, -0.25) is 9.59 Å². The SMILES string of the molecule is CC[C@@H](C)NC(=O)[C@@H](Cc1ccccc1)N(Cc1ccc(Br)cc1)C(=O)COc1cccc(C)c1. The first kappa shape index (κ1) is 26.5. The molecule has 0 saturated heterocycles. The Kier molecular flexibility index (Phi) is 9.91. The molecule has 0 aromatic heterocycles. The van der Waals surface area contributed by atoms with Crippen LogP contribution in [0.5, 0.6) is 5.75 Å². The predicted octanol–water partition coefficient (Wildman–Crippen LogP) is 5.69. The summed E-state index contributed by atoms with van der Waals surface area (Å²) in [4.78, 5) is 28.7. The zero-order valence-corrected chi connectivity index (χ0v) is 22.1. The fraction of sp³-hybridized carbons (Fsp3) is 0.310. The van der Waals surface area contributed by atoms with E-state index in [1.165, 1.54) is 0 Å². The number of hydrogen-bond donors (Lipinski definition) is 1. The Labute approximate surface area is 216 Å². The van der Waals surface area contributed by atoms with Crippen LogP contribution in [0, 0.1) is 6.92 Å². The van der Waals surface area contributed by atoms with Crippen molar-refractivity contribution in [2.24, 2.45) is 0 Å². The molecule has 0 aliphatic carbocycles. The first-order valence-corrected chi connectivity index (χ1v) is 12.7. The predicted molar refractivity (Wildman–Crippen MR) is 143 cm³/mol. The van der Waals surface area contributed by atoms with Crippen LogP contribution in [0.3, 0.4) is 0 Å². The Balaban J connectivity index is 1.90. The van der Waals surface area contributed by atoms with Gasteiger partial charge in [-0.25, -0.2) is 0 Å². The zero-order valence-electron chi connectivity index (χ0n) is 20.5. The van der Waals surface area contributed by atoms with Gasteiger partial charge < -0.3 is 15.0 Å². The fourth-order valence-corrected chi connectivity index (χ4v) is 3.98. The minimum absolute atomic E-state index is 0.00829. The van der Waals surface area contributed by atoms with Gasteiger partial charge in [0.15, 0.2) is 6.61 Å². The molecule has 35 heavy (non-hydrogen) atoms. The quantitative estimate of drug-likeness (QED) is 0.342. The molecule has 2 amide bonds. The van der Waals surface area contributed by atoms with E-state index in [9.17, 15) is 9.59 Å². The summed E-state index contributed by atoms with van der Waals surface area (Å²) in [6.07, 6.45) is 1.22. The molecule has 0 unspecified atom stereocenters. The smallest absolute Gasteiger partial charge is 0.261 e. The number of hydrogen-bond acceptors (Lipinski definition) is 3. The molecule has 2 atom stereocenters. The second-order valence-corrected chi connectivity index (χ2v) is 9.69. The van der Waals surface area contributed by atoms with Gasteiger partial charge in [0.05, 0.1) is 0 Å². The molecule has 1 N–H and O–H groups in total. The normalized spacial score (nSPS) is 12.5. The molecule has 3 rings (SSSR count). The van der Waals surface area contributed by atoms with Crippen molar-refractivity contribution >= 4 is 27.7 Å². The monoisotopic (exact) mass is 536 g/mol. The molecule has 0 spiro atoms. The van der Waals surface area contributed by atoms with E-state index >= 15 is 0 Å². The number of aryl methyl sites for hydroxylation is 1. The summed E-state index contributed by atoms with van der Waals surface area (Å²) in [6.45, 7) is 6.12. The van der Waals surface area contributed by atoms with Crippen LogP contribution >= 0.6 is 15.9 Å². The highest BCUT2D eigenvalue weighted by Gasteiger charge is 2.31. The van der Waals surface area contributed by atoms with Crippen molar-refractivity contribution in [3.63, 3.8) is 0 Å². The average molecular weight is 537 g/mol. The number of rotatable bonds is 11. The number of ether oxygens (including phenoxy) is 1. The van der Waals surface area contributed by atoms with Crippen molar-refractivity contribution < 1.29 is 14.3 Å². The number of benzene rings is 3.